The lowest BCUT2D eigenvalue weighted by Crippen LogP contribution is -2.31. The van der Waals surface area contributed by atoms with E-state index in [9.17, 15) is 17.6 Å². The summed E-state index contributed by atoms with van der Waals surface area (Å²) in [6.45, 7) is 2.46. The van der Waals surface area contributed by atoms with E-state index in [0.29, 0.717) is 12.3 Å². The Balaban J connectivity index is 1.98. The van der Waals surface area contributed by atoms with Crippen LogP contribution in [0.3, 0.4) is 0 Å². The Bertz CT molecular complexity index is 854. The summed E-state index contributed by atoms with van der Waals surface area (Å²) in [5.41, 5.74) is 0.272. The minimum Gasteiger partial charge on any atom is -0.492 e. The highest BCUT2D eigenvalue weighted by Crippen LogP contribution is 2.14. The van der Waals surface area contributed by atoms with Gasteiger partial charge < -0.3 is 9.64 Å². The zero-order chi connectivity index (χ0) is 19.2. The molecule has 0 spiro atoms. The fourth-order valence-electron chi connectivity index (χ4n) is 2.22. The number of hydrogen-bond acceptors (Lipinski definition) is 4. The Labute approximate surface area is 152 Å². The fraction of sp³-hybridized carbons (Fsp3) is 0.278. The minimum atomic E-state index is -3.62. The van der Waals surface area contributed by atoms with Gasteiger partial charge in [0.1, 0.15) is 18.2 Å². The van der Waals surface area contributed by atoms with E-state index in [-0.39, 0.29) is 35.3 Å². The maximum absolute atomic E-state index is 12.8. The lowest BCUT2D eigenvalue weighted by atomic mass is 10.2. The smallest absolute Gasteiger partial charge is 0.253 e. The number of likely N-dealkylation sites (N-methyl/N-ethyl adjacent to an activating group) is 1. The molecule has 0 atom stereocenters. The topological polar surface area (TPSA) is 75.7 Å². The standard InChI is InChI=1S/C18H21FN2O4S/c1-3-20-26(23,24)17-6-4-5-14(13-17)18(22)21(2)11-12-25-16-9-7-15(19)8-10-16/h4-10,13,20H,3,11-12H2,1-2H3. The fourth-order valence-corrected chi connectivity index (χ4v) is 3.31. The number of nitrogens with zero attached hydrogens (tertiary/aromatic N) is 1. The molecule has 0 unspecified atom stereocenters. The predicted octanol–water partition coefficient (Wildman–Crippen LogP) is 2.27. The van der Waals surface area contributed by atoms with Crippen LogP contribution in [0.2, 0.25) is 0 Å². The molecule has 2 aromatic carbocycles. The predicted molar refractivity (Wildman–Crippen MR) is 96.2 cm³/mol. The molecule has 2 rings (SSSR count). The van der Waals surface area contributed by atoms with Gasteiger partial charge in [-0.1, -0.05) is 13.0 Å². The molecule has 0 saturated carbocycles. The quantitative estimate of drug-likeness (QED) is 0.762. The first-order valence-electron chi connectivity index (χ1n) is 8.07. The summed E-state index contributed by atoms with van der Waals surface area (Å²) in [5, 5.41) is 0. The van der Waals surface area contributed by atoms with Gasteiger partial charge in [0.2, 0.25) is 10.0 Å². The van der Waals surface area contributed by atoms with Crippen molar-refractivity contribution >= 4 is 15.9 Å². The molecule has 1 N–H and O–H groups in total. The Morgan fingerprint density at radius 2 is 1.88 bits per heavy atom. The lowest BCUT2D eigenvalue weighted by Gasteiger charge is -2.18. The molecule has 26 heavy (non-hydrogen) atoms. The number of nitrogens with one attached hydrogen (secondary N) is 1. The SMILES string of the molecule is CCNS(=O)(=O)c1cccc(C(=O)N(C)CCOc2ccc(F)cc2)c1. The van der Waals surface area contributed by atoms with Crippen molar-refractivity contribution in [2.75, 3.05) is 26.7 Å². The van der Waals surface area contributed by atoms with Crippen molar-refractivity contribution in [2.45, 2.75) is 11.8 Å². The van der Waals surface area contributed by atoms with Crippen molar-refractivity contribution in [3.8, 4) is 5.75 Å². The Morgan fingerprint density at radius 1 is 1.19 bits per heavy atom. The zero-order valence-electron chi connectivity index (χ0n) is 14.6. The number of amides is 1. The zero-order valence-corrected chi connectivity index (χ0v) is 15.4. The van der Waals surface area contributed by atoms with Crippen LogP contribution in [-0.4, -0.2) is 46.0 Å². The Kier molecular flexibility index (Phi) is 6.70. The number of halogens is 1. The maximum atomic E-state index is 12.8. The molecule has 2 aromatic rings. The van der Waals surface area contributed by atoms with Crippen molar-refractivity contribution in [3.05, 3.63) is 59.9 Å². The third kappa shape index (κ3) is 5.27. The first kappa shape index (κ1) is 19.9. The van der Waals surface area contributed by atoms with E-state index in [1.807, 2.05) is 0 Å². The van der Waals surface area contributed by atoms with Crippen LogP contribution in [0.1, 0.15) is 17.3 Å². The number of sulfonamides is 1. The normalized spacial score (nSPS) is 11.2. The number of carbonyl (C=O) groups is 1. The summed E-state index contributed by atoms with van der Waals surface area (Å²) in [6, 6.07) is 11.5. The minimum absolute atomic E-state index is 0.0427. The van der Waals surface area contributed by atoms with Gasteiger partial charge in [0.05, 0.1) is 11.4 Å². The monoisotopic (exact) mass is 380 g/mol. The molecular weight excluding hydrogens is 359 g/mol. The molecule has 0 aliphatic carbocycles. The first-order chi connectivity index (χ1) is 12.3. The van der Waals surface area contributed by atoms with Crippen LogP contribution in [0.4, 0.5) is 4.39 Å². The van der Waals surface area contributed by atoms with Crippen molar-refractivity contribution in [3.63, 3.8) is 0 Å². The van der Waals surface area contributed by atoms with Crippen molar-refractivity contribution in [1.82, 2.24) is 9.62 Å². The summed E-state index contributed by atoms with van der Waals surface area (Å²) in [5.74, 6) is -0.163. The molecule has 0 aliphatic heterocycles. The molecule has 0 fully saturated rings. The largest absolute Gasteiger partial charge is 0.492 e. The highest BCUT2D eigenvalue weighted by atomic mass is 32.2. The van der Waals surface area contributed by atoms with Gasteiger partial charge in [-0.3, -0.25) is 4.79 Å². The Morgan fingerprint density at radius 3 is 2.54 bits per heavy atom. The highest BCUT2D eigenvalue weighted by molar-refractivity contribution is 7.89. The van der Waals surface area contributed by atoms with E-state index in [1.54, 1.807) is 20.0 Å². The molecule has 8 heteroatoms. The van der Waals surface area contributed by atoms with E-state index in [0.717, 1.165) is 0 Å². The molecule has 1 amide bonds. The van der Waals surface area contributed by atoms with Gasteiger partial charge in [-0.2, -0.15) is 0 Å². The van der Waals surface area contributed by atoms with Crippen LogP contribution in [0.15, 0.2) is 53.4 Å². The molecule has 0 radical (unpaired) electrons. The summed E-state index contributed by atoms with van der Waals surface area (Å²) in [4.78, 5) is 14.0. The number of carbonyl (C=O) groups excluding carboxylic acids is 1. The van der Waals surface area contributed by atoms with Crippen molar-refractivity contribution in [1.29, 1.82) is 0 Å². The maximum Gasteiger partial charge on any atom is 0.253 e. The van der Waals surface area contributed by atoms with Crippen molar-refractivity contribution < 1.29 is 22.3 Å². The molecule has 6 nitrogen and oxygen atoms in total. The Hall–Kier alpha value is -2.45. The number of hydrogen-bond donors (Lipinski definition) is 1. The molecular formula is C18H21FN2O4S. The van der Waals surface area contributed by atoms with Crippen LogP contribution >= 0.6 is 0 Å². The molecule has 140 valence electrons. The van der Waals surface area contributed by atoms with Crippen LogP contribution < -0.4 is 9.46 Å². The molecule has 0 saturated heterocycles. The molecule has 0 aromatic heterocycles. The second-order valence-corrected chi connectivity index (χ2v) is 7.33. The summed E-state index contributed by atoms with van der Waals surface area (Å²) in [6.07, 6.45) is 0. The first-order valence-corrected chi connectivity index (χ1v) is 9.55. The van der Waals surface area contributed by atoms with Crippen molar-refractivity contribution in [2.24, 2.45) is 0 Å². The molecule has 0 aliphatic rings. The number of ether oxygens (including phenoxy) is 1. The van der Waals surface area contributed by atoms with E-state index in [1.165, 1.54) is 47.4 Å². The van der Waals surface area contributed by atoms with E-state index in [2.05, 4.69) is 4.72 Å². The number of rotatable bonds is 8. The van der Waals surface area contributed by atoms with Gasteiger partial charge in [-0.15, -0.1) is 0 Å². The van der Waals surface area contributed by atoms with E-state index < -0.39 is 10.0 Å². The average Bonchev–Trinajstić information content (AvgIpc) is 2.62. The van der Waals surface area contributed by atoms with Crippen LogP contribution in [0.25, 0.3) is 0 Å². The molecule has 0 bridgehead atoms. The second-order valence-electron chi connectivity index (χ2n) is 5.56. The van der Waals surface area contributed by atoms with Gasteiger partial charge >= 0.3 is 0 Å². The highest BCUT2D eigenvalue weighted by Gasteiger charge is 2.17. The van der Waals surface area contributed by atoms with Crippen LogP contribution in [-0.2, 0) is 10.0 Å². The number of benzene rings is 2. The second kappa shape index (κ2) is 8.77. The lowest BCUT2D eigenvalue weighted by molar-refractivity contribution is 0.0773. The summed E-state index contributed by atoms with van der Waals surface area (Å²) >= 11 is 0. The van der Waals surface area contributed by atoms with Gasteiger partial charge in [-0.25, -0.2) is 17.5 Å². The van der Waals surface area contributed by atoms with Gasteiger partial charge in [0.25, 0.3) is 5.91 Å². The third-order valence-corrected chi connectivity index (χ3v) is 5.12. The van der Waals surface area contributed by atoms with Gasteiger partial charge in [-0.05, 0) is 42.5 Å². The van der Waals surface area contributed by atoms with E-state index in [4.69, 9.17) is 4.74 Å². The van der Waals surface area contributed by atoms with Gasteiger partial charge in [0, 0.05) is 19.2 Å². The van der Waals surface area contributed by atoms with Gasteiger partial charge in [0.15, 0.2) is 0 Å². The molecule has 0 heterocycles. The third-order valence-electron chi connectivity index (χ3n) is 3.58. The van der Waals surface area contributed by atoms with Crippen LogP contribution in [0.5, 0.6) is 5.75 Å². The van der Waals surface area contributed by atoms with Crippen LogP contribution in [0, 0.1) is 5.82 Å². The summed E-state index contributed by atoms with van der Waals surface area (Å²) in [7, 11) is -2.03. The van der Waals surface area contributed by atoms with E-state index >= 15 is 0 Å². The average molecular weight is 380 g/mol. The summed E-state index contributed by atoms with van der Waals surface area (Å²) < 4.78 is 44.8.